The van der Waals surface area contributed by atoms with Crippen molar-refractivity contribution in [1.29, 1.82) is 0 Å². The first-order valence-electron chi connectivity index (χ1n) is 9.06. The molecule has 2 amide bonds. The molecule has 2 aromatic rings. The van der Waals surface area contributed by atoms with Gasteiger partial charge >= 0.3 is 12.0 Å². The minimum Gasteiger partial charge on any atom is -0.481 e. The lowest BCUT2D eigenvalue weighted by Crippen LogP contribution is -2.43. The number of amides is 2. The van der Waals surface area contributed by atoms with Crippen LogP contribution in [0, 0.1) is 5.92 Å². The number of carboxylic acid groups (broad SMARTS) is 1. The van der Waals surface area contributed by atoms with Crippen molar-refractivity contribution in [3.63, 3.8) is 0 Å². The van der Waals surface area contributed by atoms with Crippen LogP contribution in [-0.2, 0) is 4.79 Å². The highest BCUT2D eigenvalue weighted by Gasteiger charge is 2.42. The van der Waals surface area contributed by atoms with E-state index in [1.165, 1.54) is 22.3 Å². The number of carboxylic acids is 1. The lowest BCUT2D eigenvalue weighted by Gasteiger charge is -2.45. The van der Waals surface area contributed by atoms with Gasteiger partial charge in [0.15, 0.2) is 0 Å². The van der Waals surface area contributed by atoms with Crippen LogP contribution >= 0.6 is 0 Å². The van der Waals surface area contributed by atoms with Crippen molar-refractivity contribution < 1.29 is 14.7 Å². The number of hydrogen-bond donors (Lipinski definition) is 3. The number of benzene rings is 2. The van der Waals surface area contributed by atoms with E-state index in [1.54, 1.807) is 0 Å². The molecule has 0 saturated heterocycles. The van der Waals surface area contributed by atoms with Crippen molar-refractivity contribution in [1.82, 2.24) is 10.6 Å². The van der Waals surface area contributed by atoms with Crippen molar-refractivity contribution in [2.45, 2.75) is 24.7 Å². The topological polar surface area (TPSA) is 78.4 Å². The Balaban J connectivity index is 1.50. The number of rotatable bonds is 5. The fraction of sp³-hybridized carbons (Fsp3) is 0.333. The van der Waals surface area contributed by atoms with E-state index in [1.807, 2.05) is 0 Å². The molecule has 3 aliphatic rings. The molecule has 1 atom stereocenters. The van der Waals surface area contributed by atoms with Gasteiger partial charge in [-0.3, -0.25) is 4.79 Å². The van der Waals surface area contributed by atoms with Crippen molar-refractivity contribution in [3.05, 3.63) is 70.8 Å². The summed E-state index contributed by atoms with van der Waals surface area (Å²) in [5, 5.41) is 14.2. The average Bonchev–Trinajstić information content (AvgIpc) is 2.66. The fourth-order valence-electron chi connectivity index (χ4n) is 4.53. The third kappa shape index (κ3) is 2.94. The summed E-state index contributed by atoms with van der Waals surface area (Å²) in [5.41, 5.74) is 5.58. The van der Waals surface area contributed by atoms with Gasteiger partial charge in [0.1, 0.15) is 0 Å². The van der Waals surface area contributed by atoms with Gasteiger partial charge in [0.25, 0.3) is 0 Å². The van der Waals surface area contributed by atoms with E-state index in [4.69, 9.17) is 5.11 Å². The van der Waals surface area contributed by atoms with E-state index >= 15 is 0 Å². The molecule has 5 rings (SSSR count). The summed E-state index contributed by atoms with van der Waals surface area (Å²) >= 11 is 0. The van der Waals surface area contributed by atoms with Gasteiger partial charge in [-0.1, -0.05) is 48.5 Å². The summed E-state index contributed by atoms with van der Waals surface area (Å²) in [4.78, 5) is 22.5. The van der Waals surface area contributed by atoms with E-state index in [2.05, 4.69) is 59.2 Å². The zero-order chi connectivity index (χ0) is 18.1. The third-order valence-corrected chi connectivity index (χ3v) is 5.57. The molecule has 26 heavy (non-hydrogen) atoms. The average molecular weight is 350 g/mol. The largest absolute Gasteiger partial charge is 0.481 e. The Bertz CT molecular complexity index is 801. The second-order valence-electron chi connectivity index (χ2n) is 7.06. The molecule has 0 spiro atoms. The number of urea groups is 1. The highest BCUT2D eigenvalue weighted by Crippen LogP contribution is 2.54. The molecule has 2 aromatic carbocycles. The number of carbonyl (C=O) groups is 2. The van der Waals surface area contributed by atoms with Crippen LogP contribution in [0.25, 0.3) is 0 Å². The van der Waals surface area contributed by atoms with Crippen LogP contribution < -0.4 is 10.6 Å². The third-order valence-electron chi connectivity index (χ3n) is 5.57. The Morgan fingerprint density at radius 1 is 0.923 bits per heavy atom. The molecule has 134 valence electrons. The predicted octanol–water partition coefficient (Wildman–Crippen LogP) is 3.06. The van der Waals surface area contributed by atoms with Gasteiger partial charge in [-0.2, -0.15) is 0 Å². The molecular weight excluding hydrogens is 328 g/mol. The molecule has 0 heterocycles. The van der Waals surface area contributed by atoms with Gasteiger partial charge in [-0.05, 0) is 34.6 Å². The monoisotopic (exact) mass is 350 g/mol. The van der Waals surface area contributed by atoms with Gasteiger partial charge < -0.3 is 15.7 Å². The molecule has 2 bridgehead atoms. The smallest absolute Gasteiger partial charge is 0.314 e. The normalized spacial score (nSPS) is 22.2. The number of aliphatic carboxylic acids is 1. The SMILES string of the molecule is O=C(O)CCNC(=O)NCC1CC2c3ccccc3C1c1ccccc12. The van der Waals surface area contributed by atoms with Crippen molar-refractivity contribution in [2.75, 3.05) is 13.1 Å². The maximum atomic E-state index is 11.9. The molecule has 5 heteroatoms. The Morgan fingerprint density at radius 2 is 1.50 bits per heavy atom. The minimum atomic E-state index is -0.914. The Kier molecular flexibility index (Phi) is 4.37. The van der Waals surface area contributed by atoms with Crippen LogP contribution in [0.2, 0.25) is 0 Å². The van der Waals surface area contributed by atoms with E-state index < -0.39 is 5.97 Å². The van der Waals surface area contributed by atoms with Crippen LogP contribution in [0.5, 0.6) is 0 Å². The molecule has 1 unspecified atom stereocenters. The van der Waals surface area contributed by atoms with Gasteiger partial charge in [0.05, 0.1) is 6.42 Å². The van der Waals surface area contributed by atoms with Crippen molar-refractivity contribution in [3.8, 4) is 0 Å². The second-order valence-corrected chi connectivity index (χ2v) is 7.06. The van der Waals surface area contributed by atoms with Crippen LogP contribution in [0.3, 0.4) is 0 Å². The van der Waals surface area contributed by atoms with Crippen LogP contribution in [0.4, 0.5) is 4.79 Å². The van der Waals surface area contributed by atoms with Crippen LogP contribution in [0.1, 0.15) is 46.9 Å². The summed E-state index contributed by atoms with van der Waals surface area (Å²) in [6, 6.07) is 17.0. The first-order valence-corrected chi connectivity index (χ1v) is 9.06. The van der Waals surface area contributed by atoms with Gasteiger partial charge in [-0.15, -0.1) is 0 Å². The standard InChI is InChI=1S/C21H22N2O3/c24-19(25)9-10-22-21(26)23-12-13-11-18-14-5-1-3-7-16(14)20(13)17-8-4-2-6-15(17)18/h1-8,13,18,20H,9-12H2,(H,24,25)(H2,22,23,26). The molecule has 0 aliphatic heterocycles. The van der Waals surface area contributed by atoms with E-state index in [0.29, 0.717) is 24.3 Å². The summed E-state index contributed by atoms with van der Waals surface area (Å²) < 4.78 is 0. The van der Waals surface area contributed by atoms with E-state index in [0.717, 1.165) is 6.42 Å². The summed E-state index contributed by atoms with van der Waals surface area (Å²) in [5.74, 6) is 0.110. The van der Waals surface area contributed by atoms with Crippen LogP contribution in [-0.4, -0.2) is 30.2 Å². The maximum Gasteiger partial charge on any atom is 0.314 e. The fourth-order valence-corrected chi connectivity index (χ4v) is 4.53. The molecular formula is C21H22N2O3. The van der Waals surface area contributed by atoms with Gasteiger partial charge in [0, 0.05) is 24.9 Å². The minimum absolute atomic E-state index is 0.0672. The molecule has 0 saturated carbocycles. The summed E-state index contributed by atoms with van der Waals surface area (Å²) in [6.45, 7) is 0.728. The highest BCUT2D eigenvalue weighted by atomic mass is 16.4. The maximum absolute atomic E-state index is 11.9. The number of carbonyl (C=O) groups excluding carboxylic acids is 1. The summed E-state index contributed by atoms with van der Waals surface area (Å²) in [6.07, 6.45) is 0.955. The first kappa shape index (κ1) is 16.6. The zero-order valence-corrected chi connectivity index (χ0v) is 14.4. The molecule has 5 nitrogen and oxygen atoms in total. The second kappa shape index (κ2) is 6.83. The number of hydrogen-bond acceptors (Lipinski definition) is 2. The van der Waals surface area contributed by atoms with E-state index in [-0.39, 0.29) is 19.0 Å². The van der Waals surface area contributed by atoms with Crippen molar-refractivity contribution >= 4 is 12.0 Å². The zero-order valence-electron chi connectivity index (χ0n) is 14.4. The first-order chi connectivity index (χ1) is 12.6. The van der Waals surface area contributed by atoms with Gasteiger partial charge in [0.2, 0.25) is 0 Å². The predicted molar refractivity (Wildman–Crippen MR) is 98.3 cm³/mol. The quantitative estimate of drug-likeness (QED) is 0.775. The number of nitrogens with one attached hydrogen (secondary N) is 2. The van der Waals surface area contributed by atoms with Crippen molar-refractivity contribution in [2.24, 2.45) is 5.92 Å². The Hall–Kier alpha value is -2.82. The highest BCUT2D eigenvalue weighted by molar-refractivity contribution is 5.75. The molecule has 0 fully saturated rings. The Labute approximate surface area is 152 Å². The summed E-state index contributed by atoms with van der Waals surface area (Å²) in [7, 11) is 0. The molecule has 0 radical (unpaired) electrons. The van der Waals surface area contributed by atoms with E-state index in [9.17, 15) is 9.59 Å². The molecule has 3 aliphatic carbocycles. The number of fused-ring (bicyclic) bond motifs is 1. The van der Waals surface area contributed by atoms with Gasteiger partial charge in [-0.25, -0.2) is 4.79 Å². The lowest BCUT2D eigenvalue weighted by molar-refractivity contribution is -0.136. The molecule has 0 aromatic heterocycles. The van der Waals surface area contributed by atoms with Crippen LogP contribution in [0.15, 0.2) is 48.5 Å². The lowest BCUT2D eigenvalue weighted by atomic mass is 9.59. The Morgan fingerprint density at radius 3 is 2.08 bits per heavy atom. The molecule has 3 N–H and O–H groups in total.